The first-order chi connectivity index (χ1) is 14.6. The van der Waals surface area contributed by atoms with Gasteiger partial charge in [-0.1, -0.05) is 60.1 Å². The largest absolute Gasteiger partial charge is 0.350 e. The third-order valence-electron chi connectivity index (χ3n) is 5.45. The number of nitrogens with one attached hydrogen (secondary N) is 1. The van der Waals surface area contributed by atoms with Crippen molar-refractivity contribution in [1.29, 1.82) is 0 Å². The summed E-state index contributed by atoms with van der Waals surface area (Å²) in [6.07, 6.45) is 1.70. The van der Waals surface area contributed by atoms with Crippen molar-refractivity contribution < 1.29 is 9.59 Å². The molecule has 0 aliphatic carbocycles. The number of halogens is 1. The van der Waals surface area contributed by atoms with Crippen molar-refractivity contribution in [2.75, 3.05) is 13.1 Å². The molecule has 2 aromatic carbocycles. The summed E-state index contributed by atoms with van der Waals surface area (Å²) >= 11 is 6.23. The molecule has 1 aliphatic rings. The first kappa shape index (κ1) is 20.1. The van der Waals surface area contributed by atoms with Gasteiger partial charge in [0.2, 0.25) is 5.91 Å². The van der Waals surface area contributed by atoms with Gasteiger partial charge in [-0.05, 0) is 29.8 Å². The zero-order chi connectivity index (χ0) is 20.9. The van der Waals surface area contributed by atoms with E-state index < -0.39 is 0 Å². The van der Waals surface area contributed by atoms with Crippen LogP contribution in [0.2, 0.25) is 5.02 Å². The van der Waals surface area contributed by atoms with Crippen LogP contribution in [0.3, 0.4) is 0 Å². The number of benzene rings is 2. The van der Waals surface area contributed by atoms with E-state index in [1.165, 1.54) is 0 Å². The van der Waals surface area contributed by atoms with E-state index in [0.29, 0.717) is 30.2 Å². The van der Waals surface area contributed by atoms with Gasteiger partial charge in [-0.15, -0.1) is 0 Å². The lowest BCUT2D eigenvalue weighted by Gasteiger charge is -2.18. The molecule has 1 N–H and O–H groups in total. The lowest BCUT2D eigenvalue weighted by Crippen LogP contribution is -2.35. The van der Waals surface area contributed by atoms with Gasteiger partial charge in [0.15, 0.2) is 0 Å². The fourth-order valence-electron chi connectivity index (χ4n) is 3.89. The molecule has 0 bridgehead atoms. The number of hydrogen-bond donors (Lipinski definition) is 1. The van der Waals surface area contributed by atoms with Crippen molar-refractivity contribution in [2.45, 2.75) is 12.5 Å². The summed E-state index contributed by atoms with van der Waals surface area (Å²) in [7, 11) is 0. The maximum Gasteiger partial charge on any atom is 0.255 e. The minimum absolute atomic E-state index is 0.0797. The van der Waals surface area contributed by atoms with Crippen LogP contribution in [0.1, 0.15) is 27.5 Å². The van der Waals surface area contributed by atoms with Crippen LogP contribution in [0.25, 0.3) is 0 Å². The van der Waals surface area contributed by atoms with Gasteiger partial charge < -0.3 is 10.2 Å². The first-order valence-corrected chi connectivity index (χ1v) is 10.3. The van der Waals surface area contributed by atoms with Crippen molar-refractivity contribution in [3.8, 4) is 0 Å². The Hall–Kier alpha value is -3.18. The zero-order valence-corrected chi connectivity index (χ0v) is 17.1. The molecule has 1 fully saturated rings. The predicted octanol–water partition coefficient (Wildman–Crippen LogP) is 3.91. The van der Waals surface area contributed by atoms with Crippen LogP contribution in [-0.4, -0.2) is 34.8 Å². The molecule has 152 valence electrons. The number of aromatic nitrogens is 1. The van der Waals surface area contributed by atoms with E-state index in [0.717, 1.165) is 11.3 Å². The average molecular weight is 420 g/mol. The number of likely N-dealkylation sites (tertiary alicyclic amines) is 1. The summed E-state index contributed by atoms with van der Waals surface area (Å²) in [5.41, 5.74) is 2.30. The molecule has 0 spiro atoms. The fraction of sp³-hybridized carbons (Fsp3) is 0.208. The Kier molecular flexibility index (Phi) is 6.10. The summed E-state index contributed by atoms with van der Waals surface area (Å²) in [6, 6.07) is 22.5. The molecular formula is C24H22ClN3O2. The van der Waals surface area contributed by atoms with Crippen LogP contribution in [0.4, 0.5) is 0 Å². The van der Waals surface area contributed by atoms with Crippen LogP contribution in [0.15, 0.2) is 79.0 Å². The SMILES string of the molecule is O=C(NCc1ccccn1)C1CN(C(=O)c2ccccc2Cl)CC1c1ccccc1. The standard InChI is InChI=1S/C24H22ClN3O2/c25-22-12-5-4-11-19(22)24(30)28-15-20(17-8-2-1-3-9-17)21(16-28)23(29)27-14-18-10-6-7-13-26-18/h1-13,20-21H,14-16H2,(H,27,29). The molecule has 0 saturated carbocycles. The minimum Gasteiger partial charge on any atom is -0.350 e. The highest BCUT2D eigenvalue weighted by atomic mass is 35.5. The molecule has 30 heavy (non-hydrogen) atoms. The number of carbonyl (C=O) groups excluding carboxylic acids is 2. The van der Waals surface area contributed by atoms with Gasteiger partial charge in [-0.2, -0.15) is 0 Å². The molecule has 1 aliphatic heterocycles. The summed E-state index contributed by atoms with van der Waals surface area (Å²) < 4.78 is 0. The quantitative estimate of drug-likeness (QED) is 0.682. The van der Waals surface area contributed by atoms with Crippen molar-refractivity contribution in [3.05, 3.63) is 101 Å². The van der Waals surface area contributed by atoms with Crippen molar-refractivity contribution in [1.82, 2.24) is 15.2 Å². The summed E-state index contributed by atoms with van der Waals surface area (Å²) in [6.45, 7) is 1.17. The summed E-state index contributed by atoms with van der Waals surface area (Å²) in [5, 5.41) is 3.40. The van der Waals surface area contributed by atoms with Gasteiger partial charge in [-0.25, -0.2) is 0 Å². The first-order valence-electron chi connectivity index (χ1n) is 9.90. The van der Waals surface area contributed by atoms with Gasteiger partial charge in [0.1, 0.15) is 0 Å². The highest BCUT2D eigenvalue weighted by Gasteiger charge is 2.40. The summed E-state index contributed by atoms with van der Waals surface area (Å²) in [4.78, 5) is 32.1. The zero-order valence-electron chi connectivity index (χ0n) is 16.4. The second kappa shape index (κ2) is 9.09. The van der Waals surface area contributed by atoms with Crippen LogP contribution < -0.4 is 5.32 Å². The number of rotatable bonds is 5. The fourth-order valence-corrected chi connectivity index (χ4v) is 4.11. The van der Waals surface area contributed by atoms with Gasteiger partial charge in [0.25, 0.3) is 5.91 Å². The highest BCUT2D eigenvalue weighted by molar-refractivity contribution is 6.33. The molecule has 0 radical (unpaired) electrons. The maximum absolute atomic E-state index is 13.1. The highest BCUT2D eigenvalue weighted by Crippen LogP contribution is 2.34. The van der Waals surface area contributed by atoms with Crippen LogP contribution in [0, 0.1) is 5.92 Å². The molecule has 2 unspecified atom stereocenters. The molecular weight excluding hydrogens is 398 g/mol. The molecule has 5 nitrogen and oxygen atoms in total. The Morgan fingerprint density at radius 1 is 0.967 bits per heavy atom. The monoisotopic (exact) mass is 419 g/mol. The van der Waals surface area contributed by atoms with E-state index in [-0.39, 0.29) is 23.7 Å². The van der Waals surface area contributed by atoms with Gasteiger partial charge >= 0.3 is 0 Å². The predicted molar refractivity (Wildman–Crippen MR) is 116 cm³/mol. The van der Waals surface area contributed by atoms with Crippen molar-refractivity contribution in [2.24, 2.45) is 5.92 Å². The Labute approximate surface area is 180 Å². The number of pyridine rings is 1. The molecule has 1 aromatic heterocycles. The molecule has 2 atom stereocenters. The van der Waals surface area contributed by atoms with Crippen molar-refractivity contribution >= 4 is 23.4 Å². The van der Waals surface area contributed by atoms with E-state index in [4.69, 9.17) is 11.6 Å². The topological polar surface area (TPSA) is 62.3 Å². The number of amides is 2. The second-order valence-corrected chi connectivity index (χ2v) is 7.76. The molecule has 3 aromatic rings. The van der Waals surface area contributed by atoms with Crippen LogP contribution in [-0.2, 0) is 11.3 Å². The normalized spacial score (nSPS) is 18.2. The minimum atomic E-state index is -0.345. The smallest absolute Gasteiger partial charge is 0.255 e. The molecule has 1 saturated heterocycles. The Morgan fingerprint density at radius 2 is 1.70 bits per heavy atom. The van der Waals surface area contributed by atoms with Crippen LogP contribution >= 0.6 is 11.6 Å². The number of hydrogen-bond acceptors (Lipinski definition) is 3. The van der Waals surface area contributed by atoms with Crippen molar-refractivity contribution in [3.63, 3.8) is 0 Å². The van der Waals surface area contributed by atoms with E-state index in [9.17, 15) is 9.59 Å². The molecule has 2 amide bonds. The van der Waals surface area contributed by atoms with Gasteiger partial charge in [0.05, 0.1) is 28.7 Å². The van der Waals surface area contributed by atoms with E-state index in [2.05, 4.69) is 10.3 Å². The molecule has 2 heterocycles. The third-order valence-corrected chi connectivity index (χ3v) is 5.78. The molecule has 4 rings (SSSR count). The lowest BCUT2D eigenvalue weighted by molar-refractivity contribution is -0.125. The maximum atomic E-state index is 13.1. The van der Waals surface area contributed by atoms with Gasteiger partial charge in [-0.3, -0.25) is 14.6 Å². The number of carbonyl (C=O) groups is 2. The Balaban J connectivity index is 1.54. The average Bonchev–Trinajstić information content (AvgIpc) is 3.24. The van der Waals surface area contributed by atoms with E-state index in [1.54, 1.807) is 35.4 Å². The third kappa shape index (κ3) is 4.36. The van der Waals surface area contributed by atoms with Crippen LogP contribution in [0.5, 0.6) is 0 Å². The van der Waals surface area contributed by atoms with E-state index >= 15 is 0 Å². The second-order valence-electron chi connectivity index (χ2n) is 7.35. The lowest BCUT2D eigenvalue weighted by atomic mass is 9.88. The molecule has 6 heteroatoms. The Bertz CT molecular complexity index is 1030. The van der Waals surface area contributed by atoms with Gasteiger partial charge in [0, 0.05) is 25.2 Å². The Morgan fingerprint density at radius 3 is 2.43 bits per heavy atom. The number of nitrogens with zero attached hydrogens (tertiary/aromatic N) is 2. The summed E-state index contributed by atoms with van der Waals surface area (Å²) in [5.74, 6) is -0.658. The van der Waals surface area contributed by atoms with E-state index in [1.807, 2.05) is 48.5 Å².